The van der Waals surface area contributed by atoms with Crippen molar-refractivity contribution < 1.29 is 4.58 Å². The molecule has 1 unspecified atom stereocenters. The third-order valence-electron chi connectivity index (χ3n) is 4.35. The molecule has 0 aliphatic carbocycles. The lowest BCUT2D eigenvalue weighted by atomic mass is 10.1. The number of hydrogen-bond donors (Lipinski definition) is 1. The molecule has 0 radical (unpaired) electrons. The van der Waals surface area contributed by atoms with Gasteiger partial charge >= 0.3 is 5.17 Å². The fourth-order valence-electron chi connectivity index (χ4n) is 3.16. The van der Waals surface area contributed by atoms with Crippen LogP contribution >= 0.6 is 47.2 Å². The van der Waals surface area contributed by atoms with E-state index in [9.17, 15) is 0 Å². The van der Waals surface area contributed by atoms with Crippen molar-refractivity contribution in [3.63, 3.8) is 0 Å². The van der Waals surface area contributed by atoms with Gasteiger partial charge in [0.15, 0.2) is 6.04 Å². The first kappa shape index (κ1) is 17.2. The SMILES string of the molecule is S=C(Nc1ccc(Cl)c(Cl)c1)N1C2=[N+](CCS2)CC1c1ccccc1. The zero-order chi connectivity index (χ0) is 17.4. The Morgan fingerprint density at radius 2 is 1.96 bits per heavy atom. The first-order chi connectivity index (χ1) is 12.1. The number of anilines is 1. The summed E-state index contributed by atoms with van der Waals surface area (Å²) in [6.07, 6.45) is 0. The maximum atomic E-state index is 6.12. The fourth-order valence-corrected chi connectivity index (χ4v) is 5.05. The van der Waals surface area contributed by atoms with Gasteiger partial charge in [-0.3, -0.25) is 4.58 Å². The summed E-state index contributed by atoms with van der Waals surface area (Å²) in [5.74, 6) is 1.10. The van der Waals surface area contributed by atoms with Crippen LogP contribution in [0.4, 0.5) is 5.69 Å². The summed E-state index contributed by atoms with van der Waals surface area (Å²) in [6, 6.07) is 16.2. The maximum Gasteiger partial charge on any atom is 0.316 e. The third kappa shape index (κ3) is 3.38. The number of thiocarbonyl (C=S) groups is 1. The molecule has 4 rings (SSSR count). The van der Waals surface area contributed by atoms with Gasteiger partial charge in [0.1, 0.15) is 6.54 Å². The van der Waals surface area contributed by atoms with Crippen LogP contribution in [0.2, 0.25) is 10.0 Å². The van der Waals surface area contributed by atoms with Crippen LogP contribution in [0.1, 0.15) is 11.6 Å². The molecule has 0 fully saturated rings. The average Bonchev–Trinajstić information content (AvgIpc) is 3.19. The van der Waals surface area contributed by atoms with Gasteiger partial charge in [-0.15, -0.1) is 0 Å². The van der Waals surface area contributed by atoms with Crippen LogP contribution < -0.4 is 5.32 Å². The van der Waals surface area contributed by atoms with Crippen LogP contribution in [0.5, 0.6) is 0 Å². The van der Waals surface area contributed by atoms with E-state index in [1.54, 1.807) is 12.1 Å². The van der Waals surface area contributed by atoms with E-state index in [1.807, 2.05) is 23.9 Å². The van der Waals surface area contributed by atoms with Gasteiger partial charge in [-0.05, 0) is 42.2 Å². The monoisotopic (exact) mass is 408 g/mol. The minimum atomic E-state index is 0.215. The third-order valence-corrected chi connectivity index (χ3v) is 6.49. The molecule has 1 N–H and O–H groups in total. The van der Waals surface area contributed by atoms with Gasteiger partial charge in [0.05, 0.1) is 16.6 Å². The first-order valence-corrected chi connectivity index (χ1v) is 10.1. The molecule has 2 heterocycles. The largest absolute Gasteiger partial charge is 0.316 e. The van der Waals surface area contributed by atoms with Crippen LogP contribution in [0.3, 0.4) is 0 Å². The zero-order valence-corrected chi connectivity index (χ0v) is 16.4. The summed E-state index contributed by atoms with van der Waals surface area (Å²) in [5, 5.41) is 6.28. The second-order valence-electron chi connectivity index (χ2n) is 5.93. The van der Waals surface area contributed by atoms with Crippen molar-refractivity contribution in [2.24, 2.45) is 0 Å². The minimum absolute atomic E-state index is 0.215. The smallest absolute Gasteiger partial charge is 0.313 e. The molecule has 3 nitrogen and oxygen atoms in total. The highest BCUT2D eigenvalue weighted by atomic mass is 35.5. The molecule has 7 heteroatoms. The molecule has 2 aromatic carbocycles. The summed E-state index contributed by atoms with van der Waals surface area (Å²) in [7, 11) is 0. The van der Waals surface area contributed by atoms with E-state index in [0.29, 0.717) is 15.2 Å². The van der Waals surface area contributed by atoms with E-state index < -0.39 is 0 Å². The number of amidine groups is 1. The average molecular weight is 409 g/mol. The van der Waals surface area contributed by atoms with E-state index in [-0.39, 0.29) is 6.04 Å². The van der Waals surface area contributed by atoms with Gasteiger partial charge in [-0.1, -0.05) is 53.5 Å². The van der Waals surface area contributed by atoms with Gasteiger partial charge < -0.3 is 5.32 Å². The van der Waals surface area contributed by atoms with Crippen LogP contribution in [0.15, 0.2) is 48.5 Å². The van der Waals surface area contributed by atoms with Crippen molar-refractivity contribution >= 4 is 63.1 Å². The van der Waals surface area contributed by atoms with Crippen molar-refractivity contribution in [2.45, 2.75) is 6.04 Å². The highest BCUT2D eigenvalue weighted by Crippen LogP contribution is 2.34. The molecule has 0 bridgehead atoms. The van der Waals surface area contributed by atoms with Crippen molar-refractivity contribution in [1.29, 1.82) is 0 Å². The predicted octanol–water partition coefficient (Wildman–Crippen LogP) is 4.86. The molecule has 0 saturated carbocycles. The lowest BCUT2D eigenvalue weighted by molar-refractivity contribution is -0.511. The molecule has 2 aromatic rings. The number of benzene rings is 2. The van der Waals surface area contributed by atoms with Gasteiger partial charge in [0.2, 0.25) is 0 Å². The molecule has 0 spiro atoms. The fraction of sp³-hybridized carbons (Fsp3) is 0.222. The number of nitrogens with one attached hydrogen (secondary N) is 1. The van der Waals surface area contributed by atoms with E-state index in [0.717, 1.165) is 24.5 Å². The van der Waals surface area contributed by atoms with Gasteiger partial charge in [0.25, 0.3) is 5.11 Å². The van der Waals surface area contributed by atoms with Crippen LogP contribution in [0, 0.1) is 0 Å². The Balaban J connectivity index is 1.62. The van der Waals surface area contributed by atoms with Gasteiger partial charge in [-0.25, -0.2) is 0 Å². The molecule has 1 atom stereocenters. The number of rotatable bonds is 2. The Labute approximate surface area is 166 Å². The summed E-state index contributed by atoms with van der Waals surface area (Å²) in [6.45, 7) is 2.02. The van der Waals surface area contributed by atoms with E-state index in [4.69, 9.17) is 35.4 Å². The summed E-state index contributed by atoms with van der Waals surface area (Å²) in [4.78, 5) is 2.23. The maximum absolute atomic E-state index is 6.12. The standard InChI is InChI=1S/C18H15Cl2N3S2/c19-14-7-6-13(10-15(14)20)21-17(24)23-16(12-4-2-1-3-5-12)11-22-8-9-25-18(22)23/h1-7,10,16H,8-9,11H2/p+1. The van der Waals surface area contributed by atoms with Crippen molar-refractivity contribution in [1.82, 2.24) is 4.90 Å². The molecule has 2 aliphatic heterocycles. The lowest BCUT2D eigenvalue weighted by Gasteiger charge is -2.21. The highest BCUT2D eigenvalue weighted by molar-refractivity contribution is 8.13. The summed E-state index contributed by atoms with van der Waals surface area (Å²) >= 11 is 19.7. The van der Waals surface area contributed by atoms with E-state index in [2.05, 4.69) is 39.1 Å². The second kappa shape index (κ2) is 7.16. The Hall–Kier alpha value is -1.27. The van der Waals surface area contributed by atoms with Crippen LogP contribution in [-0.2, 0) is 0 Å². The van der Waals surface area contributed by atoms with Gasteiger partial charge in [0, 0.05) is 17.0 Å². The molecule has 2 aliphatic rings. The molecular weight excluding hydrogens is 393 g/mol. The quantitative estimate of drug-likeness (QED) is 0.564. The normalized spacial score (nSPS) is 19.3. The number of thioether (sulfide) groups is 1. The molecular formula is C18H16Cl2N3S2+. The Morgan fingerprint density at radius 3 is 2.72 bits per heavy atom. The molecule has 0 amide bonds. The number of halogens is 2. The topological polar surface area (TPSA) is 18.3 Å². The predicted molar refractivity (Wildman–Crippen MR) is 111 cm³/mol. The summed E-state index contributed by atoms with van der Waals surface area (Å²) < 4.78 is 2.41. The Morgan fingerprint density at radius 1 is 1.16 bits per heavy atom. The van der Waals surface area contributed by atoms with Crippen molar-refractivity contribution in [2.75, 3.05) is 24.2 Å². The highest BCUT2D eigenvalue weighted by Gasteiger charge is 2.46. The van der Waals surface area contributed by atoms with Gasteiger partial charge in [-0.2, -0.15) is 4.90 Å². The Bertz CT molecular complexity index is 855. The lowest BCUT2D eigenvalue weighted by Crippen LogP contribution is -2.38. The summed E-state index contributed by atoms with van der Waals surface area (Å²) in [5.41, 5.74) is 2.11. The number of nitrogens with zero attached hydrogens (tertiary/aromatic N) is 2. The molecule has 0 saturated heterocycles. The molecule has 25 heavy (non-hydrogen) atoms. The van der Waals surface area contributed by atoms with Crippen molar-refractivity contribution in [3.8, 4) is 0 Å². The van der Waals surface area contributed by atoms with E-state index >= 15 is 0 Å². The Kier molecular flexibility index (Phi) is 4.91. The van der Waals surface area contributed by atoms with Crippen molar-refractivity contribution in [3.05, 3.63) is 64.1 Å². The zero-order valence-electron chi connectivity index (χ0n) is 13.3. The molecule has 128 valence electrons. The minimum Gasteiger partial charge on any atom is -0.313 e. The molecule has 0 aromatic heterocycles. The van der Waals surface area contributed by atoms with E-state index in [1.165, 1.54) is 10.7 Å². The number of hydrogen-bond acceptors (Lipinski definition) is 2. The van der Waals surface area contributed by atoms with Crippen LogP contribution in [-0.4, -0.2) is 38.6 Å². The van der Waals surface area contributed by atoms with Crippen LogP contribution in [0.25, 0.3) is 0 Å². The second-order valence-corrected chi connectivity index (χ2v) is 8.20. The first-order valence-electron chi connectivity index (χ1n) is 7.98.